The SMILES string of the molecule is CC(=O)CC(=O)OC(CC(C)(C)C(C)(N)C(CC(C)(C)C(C)(C)C(O)CC(C)(C)C)OC(C)=O)C(C)(C)C. The van der Waals surface area contributed by atoms with Crippen LogP contribution in [-0.4, -0.2) is 46.7 Å². The van der Waals surface area contributed by atoms with E-state index in [1.165, 1.54) is 13.8 Å². The van der Waals surface area contributed by atoms with Crippen LogP contribution in [0.2, 0.25) is 0 Å². The molecule has 0 aliphatic rings. The Kier molecular flexibility index (Phi) is 11.9. The third-order valence-electron chi connectivity index (χ3n) is 8.84. The summed E-state index contributed by atoms with van der Waals surface area (Å²) in [5, 5.41) is 11.2. The highest BCUT2D eigenvalue weighted by molar-refractivity contribution is 5.94. The quantitative estimate of drug-likeness (QED) is 0.210. The minimum atomic E-state index is -1.02. The first kappa shape index (κ1) is 36.5. The first-order chi connectivity index (χ1) is 16.6. The van der Waals surface area contributed by atoms with Gasteiger partial charge in [0.25, 0.3) is 0 Å². The van der Waals surface area contributed by atoms with E-state index in [-0.39, 0.29) is 17.6 Å². The Labute approximate surface area is 233 Å². The molecule has 0 rings (SSSR count). The van der Waals surface area contributed by atoms with Crippen LogP contribution in [0.4, 0.5) is 0 Å². The summed E-state index contributed by atoms with van der Waals surface area (Å²) in [6, 6.07) is 0. The van der Waals surface area contributed by atoms with Gasteiger partial charge in [0.15, 0.2) is 0 Å². The Morgan fingerprint density at radius 3 is 1.53 bits per heavy atom. The number of hydrogen-bond acceptors (Lipinski definition) is 7. The van der Waals surface area contributed by atoms with E-state index in [1.54, 1.807) is 0 Å². The fraction of sp³-hybridized carbons (Fsp3) is 0.903. The molecular weight excluding hydrogens is 482 g/mol. The summed E-state index contributed by atoms with van der Waals surface area (Å²) in [6.07, 6.45) is -0.556. The zero-order chi connectivity index (χ0) is 30.7. The van der Waals surface area contributed by atoms with Crippen LogP contribution in [0, 0.1) is 27.1 Å². The topological polar surface area (TPSA) is 116 Å². The number of carbonyl (C=O) groups excluding carboxylic acids is 3. The van der Waals surface area contributed by atoms with Gasteiger partial charge in [-0.05, 0) is 60.2 Å². The molecule has 0 saturated carbocycles. The molecule has 4 unspecified atom stereocenters. The number of aliphatic hydroxyl groups is 1. The summed E-state index contributed by atoms with van der Waals surface area (Å²) in [4.78, 5) is 36.2. The van der Waals surface area contributed by atoms with E-state index < -0.39 is 57.4 Å². The maximum absolute atomic E-state index is 12.4. The molecule has 0 aromatic carbocycles. The molecule has 0 spiro atoms. The number of ether oxygens (including phenoxy) is 2. The normalized spacial score (nSPS) is 17.7. The highest BCUT2D eigenvalue weighted by atomic mass is 16.5. The zero-order valence-electron chi connectivity index (χ0n) is 27.1. The number of rotatable bonds is 13. The smallest absolute Gasteiger partial charge is 0.313 e. The van der Waals surface area contributed by atoms with E-state index in [2.05, 4.69) is 48.5 Å². The van der Waals surface area contributed by atoms with E-state index in [0.717, 1.165) is 0 Å². The fourth-order valence-corrected chi connectivity index (χ4v) is 4.64. The third-order valence-corrected chi connectivity index (χ3v) is 8.84. The van der Waals surface area contributed by atoms with Crippen LogP contribution in [0.3, 0.4) is 0 Å². The molecule has 3 N–H and O–H groups in total. The Morgan fingerprint density at radius 1 is 0.711 bits per heavy atom. The lowest BCUT2D eigenvalue weighted by atomic mass is 9.57. The lowest BCUT2D eigenvalue weighted by Crippen LogP contribution is -2.62. The van der Waals surface area contributed by atoms with Gasteiger partial charge >= 0.3 is 11.9 Å². The van der Waals surface area contributed by atoms with Gasteiger partial charge in [-0.1, -0.05) is 83.1 Å². The van der Waals surface area contributed by atoms with Crippen LogP contribution in [-0.2, 0) is 23.9 Å². The van der Waals surface area contributed by atoms with Crippen molar-refractivity contribution in [1.29, 1.82) is 0 Å². The van der Waals surface area contributed by atoms with Crippen molar-refractivity contribution >= 4 is 17.7 Å². The number of nitrogens with two attached hydrogens (primary N) is 1. The lowest BCUT2D eigenvalue weighted by molar-refractivity contribution is -0.165. The molecule has 4 atom stereocenters. The molecule has 0 aliphatic heterocycles. The standard InChI is InChI=1S/C31H59NO6/c1-20(33)16-25(36)38-23(27(6,7)8)18-29(11,12)31(15,32)24(37-21(2)34)19-28(9,10)30(13,14)22(35)17-26(3,4)5/h22-24,35H,16-19,32H2,1-15H3. The van der Waals surface area contributed by atoms with Crippen LogP contribution in [0.5, 0.6) is 0 Å². The Bertz CT molecular complexity index is 826. The van der Waals surface area contributed by atoms with Crippen LogP contribution in [0.15, 0.2) is 0 Å². The van der Waals surface area contributed by atoms with Crippen molar-refractivity contribution in [3.63, 3.8) is 0 Å². The predicted octanol–water partition coefficient (Wildman–Crippen LogP) is 6.23. The molecule has 0 aromatic rings. The Morgan fingerprint density at radius 2 is 1.16 bits per heavy atom. The Hall–Kier alpha value is -1.47. The average Bonchev–Trinajstić information content (AvgIpc) is 2.63. The number of aliphatic hydroxyl groups excluding tert-OH is 1. The summed E-state index contributed by atoms with van der Waals surface area (Å²) in [7, 11) is 0. The van der Waals surface area contributed by atoms with E-state index in [0.29, 0.717) is 19.3 Å². The van der Waals surface area contributed by atoms with Gasteiger partial charge < -0.3 is 20.3 Å². The third kappa shape index (κ3) is 10.3. The van der Waals surface area contributed by atoms with Gasteiger partial charge in [-0.3, -0.25) is 14.4 Å². The summed E-state index contributed by atoms with van der Waals surface area (Å²) >= 11 is 0. The maximum Gasteiger partial charge on any atom is 0.313 e. The van der Waals surface area contributed by atoms with Crippen LogP contribution < -0.4 is 5.73 Å². The number of hydrogen-bond donors (Lipinski definition) is 2. The molecule has 0 heterocycles. The molecule has 0 saturated heterocycles. The number of Topliss-reactive ketones (excluding diaryl/α,β-unsaturated/α-hetero) is 1. The number of esters is 2. The van der Waals surface area contributed by atoms with Gasteiger partial charge in [-0.15, -0.1) is 0 Å². The molecule has 0 fully saturated rings. The molecule has 224 valence electrons. The first-order valence-electron chi connectivity index (χ1n) is 13.9. The van der Waals surface area contributed by atoms with Gasteiger partial charge in [-0.2, -0.15) is 0 Å². The number of carbonyl (C=O) groups is 3. The average molecular weight is 542 g/mol. The minimum Gasteiger partial charge on any atom is -0.461 e. The number of ketones is 1. The minimum absolute atomic E-state index is 0.0474. The van der Waals surface area contributed by atoms with Gasteiger partial charge in [-0.25, -0.2) is 0 Å². The van der Waals surface area contributed by atoms with E-state index >= 15 is 0 Å². The van der Waals surface area contributed by atoms with Gasteiger partial charge in [0, 0.05) is 6.92 Å². The van der Waals surface area contributed by atoms with E-state index in [1.807, 2.05) is 41.5 Å². The van der Waals surface area contributed by atoms with Crippen molar-refractivity contribution in [3.05, 3.63) is 0 Å². The summed E-state index contributed by atoms with van der Waals surface area (Å²) < 4.78 is 11.7. The molecule has 0 amide bonds. The van der Waals surface area contributed by atoms with Crippen molar-refractivity contribution in [2.45, 2.75) is 153 Å². The van der Waals surface area contributed by atoms with Crippen molar-refractivity contribution in [2.75, 3.05) is 0 Å². The van der Waals surface area contributed by atoms with Crippen molar-refractivity contribution in [1.82, 2.24) is 0 Å². The van der Waals surface area contributed by atoms with Crippen molar-refractivity contribution in [3.8, 4) is 0 Å². The molecule has 38 heavy (non-hydrogen) atoms. The first-order valence-corrected chi connectivity index (χ1v) is 13.9. The second-order valence-electron chi connectivity index (χ2n) is 15.8. The van der Waals surface area contributed by atoms with Gasteiger partial charge in [0.1, 0.15) is 24.4 Å². The molecule has 0 bridgehead atoms. The molecule has 0 aliphatic carbocycles. The molecule has 0 aromatic heterocycles. The van der Waals surface area contributed by atoms with E-state index in [4.69, 9.17) is 15.2 Å². The second-order valence-corrected chi connectivity index (χ2v) is 15.8. The van der Waals surface area contributed by atoms with Crippen molar-refractivity contribution < 1.29 is 29.0 Å². The van der Waals surface area contributed by atoms with E-state index in [9.17, 15) is 19.5 Å². The van der Waals surface area contributed by atoms with Crippen LogP contribution >= 0.6 is 0 Å². The maximum atomic E-state index is 12.4. The van der Waals surface area contributed by atoms with Crippen LogP contribution in [0.1, 0.15) is 130 Å². The molecule has 7 heteroatoms. The molecule has 7 nitrogen and oxygen atoms in total. The van der Waals surface area contributed by atoms with Gasteiger partial charge in [0.05, 0.1) is 11.6 Å². The predicted molar refractivity (Wildman–Crippen MR) is 153 cm³/mol. The monoisotopic (exact) mass is 541 g/mol. The highest BCUT2D eigenvalue weighted by Gasteiger charge is 2.53. The summed E-state index contributed by atoms with van der Waals surface area (Å²) in [5.74, 6) is -1.23. The van der Waals surface area contributed by atoms with Crippen molar-refractivity contribution in [2.24, 2.45) is 32.8 Å². The molecule has 0 radical (unpaired) electrons. The largest absolute Gasteiger partial charge is 0.461 e. The second kappa shape index (κ2) is 12.4. The lowest BCUT2D eigenvalue weighted by Gasteiger charge is -2.53. The summed E-state index contributed by atoms with van der Waals surface area (Å²) in [6.45, 7) is 29.1. The fourth-order valence-electron chi connectivity index (χ4n) is 4.64. The Balaban J connectivity index is 6.30. The van der Waals surface area contributed by atoms with Crippen LogP contribution in [0.25, 0.3) is 0 Å². The van der Waals surface area contributed by atoms with Gasteiger partial charge in [0.2, 0.25) is 0 Å². The molecular formula is C31H59NO6. The summed E-state index contributed by atoms with van der Waals surface area (Å²) in [5.41, 5.74) is 4.01. The zero-order valence-corrected chi connectivity index (χ0v) is 27.1. The highest BCUT2D eigenvalue weighted by Crippen LogP contribution is 2.50.